The number of hydrogen-bond acceptors (Lipinski definition) is 5. The maximum Gasteiger partial charge on any atom is 0.356 e. The predicted octanol–water partition coefficient (Wildman–Crippen LogP) is 3.03. The fourth-order valence-corrected chi connectivity index (χ4v) is 2.51. The zero-order valence-electron chi connectivity index (χ0n) is 12.8. The van der Waals surface area contributed by atoms with Crippen molar-refractivity contribution in [3.05, 3.63) is 60.2 Å². The standard InChI is InChI=1S/C17H13N5O2/c1-10-2-4-11(5-3-10)19-17-21-13-6-7-18-8-12(13)15-20-14(16(23)24)9-22(15)17/h2-9H,1H3,(H,19,21)(H,23,24). The molecular weight excluding hydrogens is 306 g/mol. The van der Waals surface area contributed by atoms with Crippen LogP contribution in [0.3, 0.4) is 0 Å². The van der Waals surface area contributed by atoms with Crippen molar-refractivity contribution < 1.29 is 9.90 Å². The van der Waals surface area contributed by atoms with Gasteiger partial charge in [0.2, 0.25) is 5.95 Å². The van der Waals surface area contributed by atoms with Crippen molar-refractivity contribution in [2.24, 2.45) is 0 Å². The number of pyridine rings is 1. The predicted molar refractivity (Wildman–Crippen MR) is 89.7 cm³/mol. The number of fused-ring (bicyclic) bond motifs is 3. The Kier molecular flexibility index (Phi) is 3.13. The van der Waals surface area contributed by atoms with E-state index in [2.05, 4.69) is 20.3 Å². The minimum Gasteiger partial charge on any atom is -0.476 e. The lowest BCUT2D eigenvalue weighted by atomic mass is 10.2. The number of hydrogen-bond donors (Lipinski definition) is 2. The van der Waals surface area contributed by atoms with Crippen molar-refractivity contribution in [1.29, 1.82) is 0 Å². The summed E-state index contributed by atoms with van der Waals surface area (Å²) in [5.74, 6) is -0.593. The number of nitrogens with one attached hydrogen (secondary N) is 1. The molecule has 0 saturated carbocycles. The molecule has 0 spiro atoms. The van der Waals surface area contributed by atoms with Crippen LogP contribution < -0.4 is 5.32 Å². The summed E-state index contributed by atoms with van der Waals surface area (Å²) in [6.07, 6.45) is 4.72. The van der Waals surface area contributed by atoms with Crippen LogP contribution in [0.2, 0.25) is 0 Å². The molecule has 0 atom stereocenters. The van der Waals surface area contributed by atoms with E-state index in [-0.39, 0.29) is 5.69 Å². The minimum absolute atomic E-state index is 0.0416. The zero-order valence-corrected chi connectivity index (χ0v) is 12.8. The van der Waals surface area contributed by atoms with E-state index >= 15 is 0 Å². The van der Waals surface area contributed by atoms with Gasteiger partial charge in [-0.2, -0.15) is 0 Å². The van der Waals surface area contributed by atoms with E-state index in [1.54, 1.807) is 22.9 Å². The Bertz CT molecular complexity index is 1070. The first kappa shape index (κ1) is 14.1. The number of anilines is 2. The van der Waals surface area contributed by atoms with Gasteiger partial charge in [-0.3, -0.25) is 9.38 Å². The molecule has 118 valence electrons. The number of nitrogens with zero attached hydrogens (tertiary/aromatic N) is 4. The van der Waals surface area contributed by atoms with Gasteiger partial charge in [0.25, 0.3) is 0 Å². The molecule has 0 aliphatic heterocycles. The molecule has 0 bridgehead atoms. The summed E-state index contributed by atoms with van der Waals surface area (Å²) in [5, 5.41) is 13.1. The monoisotopic (exact) mass is 319 g/mol. The van der Waals surface area contributed by atoms with Crippen molar-refractivity contribution in [3.8, 4) is 0 Å². The van der Waals surface area contributed by atoms with Crippen LogP contribution in [0.5, 0.6) is 0 Å². The quantitative estimate of drug-likeness (QED) is 0.603. The van der Waals surface area contributed by atoms with Gasteiger partial charge in [-0.1, -0.05) is 17.7 Å². The largest absolute Gasteiger partial charge is 0.476 e. The zero-order chi connectivity index (χ0) is 16.7. The molecule has 3 heterocycles. The highest BCUT2D eigenvalue weighted by molar-refractivity contribution is 5.95. The first-order chi connectivity index (χ1) is 11.6. The first-order valence-electron chi connectivity index (χ1n) is 7.31. The van der Waals surface area contributed by atoms with Gasteiger partial charge in [-0.15, -0.1) is 0 Å². The van der Waals surface area contributed by atoms with Crippen LogP contribution in [0, 0.1) is 6.92 Å². The fraction of sp³-hybridized carbons (Fsp3) is 0.0588. The second-order valence-electron chi connectivity index (χ2n) is 5.44. The van der Waals surface area contributed by atoms with Crippen LogP contribution in [0.1, 0.15) is 16.1 Å². The average Bonchev–Trinajstić information content (AvgIpc) is 3.03. The van der Waals surface area contributed by atoms with E-state index in [1.165, 1.54) is 6.20 Å². The molecule has 0 aliphatic rings. The number of aromatic carboxylic acids is 1. The minimum atomic E-state index is -1.09. The van der Waals surface area contributed by atoms with Crippen LogP contribution in [0.15, 0.2) is 48.9 Å². The number of carbonyl (C=O) groups is 1. The Morgan fingerprint density at radius 1 is 1.17 bits per heavy atom. The highest BCUT2D eigenvalue weighted by atomic mass is 16.4. The van der Waals surface area contributed by atoms with E-state index < -0.39 is 5.97 Å². The summed E-state index contributed by atoms with van der Waals surface area (Å²) >= 11 is 0. The van der Waals surface area contributed by atoms with Gasteiger partial charge < -0.3 is 10.4 Å². The lowest BCUT2D eigenvalue weighted by Crippen LogP contribution is -2.02. The van der Waals surface area contributed by atoms with Gasteiger partial charge in [0.1, 0.15) is 0 Å². The van der Waals surface area contributed by atoms with Crippen molar-refractivity contribution in [2.45, 2.75) is 6.92 Å². The smallest absolute Gasteiger partial charge is 0.356 e. The van der Waals surface area contributed by atoms with Gasteiger partial charge in [0, 0.05) is 24.3 Å². The lowest BCUT2D eigenvalue weighted by molar-refractivity contribution is 0.0691. The molecule has 2 N–H and O–H groups in total. The Hall–Kier alpha value is -3.48. The number of benzene rings is 1. The molecule has 0 unspecified atom stereocenters. The molecule has 24 heavy (non-hydrogen) atoms. The lowest BCUT2D eigenvalue weighted by Gasteiger charge is -2.10. The molecule has 0 amide bonds. The normalized spacial score (nSPS) is 11.0. The van der Waals surface area contributed by atoms with Crippen LogP contribution in [-0.4, -0.2) is 30.4 Å². The summed E-state index contributed by atoms with van der Waals surface area (Å²) < 4.78 is 1.63. The van der Waals surface area contributed by atoms with Gasteiger partial charge in [-0.25, -0.2) is 14.8 Å². The molecule has 0 radical (unpaired) electrons. The highest BCUT2D eigenvalue weighted by Gasteiger charge is 2.15. The first-order valence-corrected chi connectivity index (χ1v) is 7.31. The number of imidazole rings is 1. The fourth-order valence-electron chi connectivity index (χ4n) is 2.51. The van der Waals surface area contributed by atoms with Gasteiger partial charge in [0.05, 0.1) is 10.9 Å². The topological polar surface area (TPSA) is 92.4 Å². The van der Waals surface area contributed by atoms with E-state index in [1.807, 2.05) is 31.2 Å². The van der Waals surface area contributed by atoms with Crippen LogP contribution in [0.25, 0.3) is 16.6 Å². The van der Waals surface area contributed by atoms with Crippen molar-refractivity contribution in [1.82, 2.24) is 19.4 Å². The molecule has 7 heteroatoms. The van der Waals surface area contributed by atoms with E-state index in [0.717, 1.165) is 11.3 Å². The Morgan fingerprint density at radius 3 is 2.71 bits per heavy atom. The number of aryl methyl sites for hydroxylation is 1. The maximum atomic E-state index is 11.3. The molecule has 0 aliphatic carbocycles. The van der Waals surface area contributed by atoms with Crippen LogP contribution >= 0.6 is 0 Å². The summed E-state index contributed by atoms with van der Waals surface area (Å²) in [6.45, 7) is 2.01. The van der Waals surface area contributed by atoms with Crippen molar-refractivity contribution in [2.75, 3.05) is 5.32 Å². The van der Waals surface area contributed by atoms with Crippen LogP contribution in [0.4, 0.5) is 11.6 Å². The van der Waals surface area contributed by atoms with Crippen molar-refractivity contribution >= 4 is 34.2 Å². The van der Waals surface area contributed by atoms with Crippen LogP contribution in [-0.2, 0) is 0 Å². The second-order valence-corrected chi connectivity index (χ2v) is 5.44. The number of aromatic nitrogens is 4. The molecule has 4 aromatic rings. The van der Waals surface area contributed by atoms with E-state index in [4.69, 9.17) is 0 Å². The third-order valence-electron chi connectivity index (χ3n) is 3.73. The molecule has 3 aromatic heterocycles. The van der Waals surface area contributed by atoms with Gasteiger partial charge >= 0.3 is 5.97 Å². The average molecular weight is 319 g/mol. The summed E-state index contributed by atoms with van der Waals surface area (Å²) in [7, 11) is 0. The Morgan fingerprint density at radius 2 is 1.96 bits per heavy atom. The number of carboxylic acid groups (broad SMARTS) is 1. The second kappa shape index (κ2) is 5.31. The third-order valence-corrected chi connectivity index (χ3v) is 3.73. The van der Waals surface area contributed by atoms with E-state index in [9.17, 15) is 9.90 Å². The molecular formula is C17H13N5O2. The van der Waals surface area contributed by atoms with Gasteiger partial charge in [0.15, 0.2) is 11.3 Å². The SMILES string of the molecule is Cc1ccc(Nc2nc3ccncc3c3nc(C(=O)O)cn23)cc1. The summed E-state index contributed by atoms with van der Waals surface area (Å²) in [4.78, 5) is 24.1. The highest BCUT2D eigenvalue weighted by Crippen LogP contribution is 2.23. The molecule has 1 aromatic carbocycles. The third kappa shape index (κ3) is 2.32. The Balaban J connectivity index is 1.94. The van der Waals surface area contributed by atoms with Crippen molar-refractivity contribution in [3.63, 3.8) is 0 Å². The number of carboxylic acids is 1. The summed E-state index contributed by atoms with van der Waals surface area (Å²) in [5.41, 5.74) is 3.15. The molecule has 0 saturated heterocycles. The van der Waals surface area contributed by atoms with E-state index in [0.29, 0.717) is 22.5 Å². The molecule has 7 nitrogen and oxygen atoms in total. The maximum absolute atomic E-state index is 11.3. The number of rotatable bonds is 3. The Labute approximate surface area is 136 Å². The van der Waals surface area contributed by atoms with Gasteiger partial charge in [-0.05, 0) is 25.1 Å². The summed E-state index contributed by atoms with van der Waals surface area (Å²) in [6, 6.07) is 9.62. The molecule has 0 fully saturated rings. The molecule has 4 rings (SSSR count).